The fraction of sp³-hybridized carbons (Fsp3) is 0.312. The molecule has 0 bridgehead atoms. The van der Waals surface area contributed by atoms with E-state index in [-0.39, 0.29) is 0 Å². The van der Waals surface area contributed by atoms with Crippen molar-refractivity contribution in [3.63, 3.8) is 0 Å². The molecule has 1 aromatic carbocycles. The highest BCUT2D eigenvalue weighted by Gasteiger charge is 2.03. The van der Waals surface area contributed by atoms with Crippen LogP contribution in [0.2, 0.25) is 0 Å². The first kappa shape index (κ1) is 9.69. The van der Waals surface area contributed by atoms with E-state index in [9.17, 15) is 0 Å². The molecule has 0 heterocycles. The van der Waals surface area contributed by atoms with Crippen molar-refractivity contribution < 1.29 is 1.37 Å². The van der Waals surface area contributed by atoms with Crippen molar-refractivity contribution in [1.29, 1.82) is 0 Å². The van der Waals surface area contributed by atoms with Crippen molar-refractivity contribution in [2.75, 3.05) is 0 Å². The normalized spacial score (nSPS) is 15.8. The monoisotopic (exact) mass is 211 g/mol. The second kappa shape index (κ2) is 5.53. The summed E-state index contributed by atoms with van der Waals surface area (Å²) in [4.78, 5) is 0. The standard InChI is InChI=1S/C16H18/c1-14(16-10-6-3-7-11-16)12-13-15-8-4-2-5-9-15/h2,4-5,8-10,13H,3,6-7,11H2,1H3/i13D. The number of rotatable bonds is 2. The van der Waals surface area contributed by atoms with Crippen LogP contribution in [0.25, 0.3) is 6.05 Å². The Morgan fingerprint density at radius 1 is 1.31 bits per heavy atom. The van der Waals surface area contributed by atoms with Gasteiger partial charge < -0.3 is 0 Å². The molecule has 0 radical (unpaired) electrons. The Morgan fingerprint density at radius 2 is 2.12 bits per heavy atom. The minimum absolute atomic E-state index is 0.481. The molecule has 16 heavy (non-hydrogen) atoms. The molecule has 0 N–H and O–H groups in total. The molecule has 82 valence electrons. The Hall–Kier alpha value is -1.52. The second-order valence-corrected chi connectivity index (χ2v) is 4.22. The molecule has 0 aliphatic heterocycles. The highest BCUT2D eigenvalue weighted by atomic mass is 14.1. The molecule has 0 saturated heterocycles. The zero-order valence-electron chi connectivity index (χ0n) is 10.8. The zero-order chi connectivity index (χ0) is 12.1. The quantitative estimate of drug-likeness (QED) is 0.619. The van der Waals surface area contributed by atoms with Gasteiger partial charge in [-0.3, -0.25) is 0 Å². The maximum absolute atomic E-state index is 8.02. The lowest BCUT2D eigenvalue weighted by Gasteiger charge is -2.11. The van der Waals surface area contributed by atoms with Gasteiger partial charge in [0.15, 0.2) is 0 Å². The highest BCUT2D eigenvalue weighted by Crippen LogP contribution is 2.22. The van der Waals surface area contributed by atoms with Crippen molar-refractivity contribution in [1.82, 2.24) is 0 Å². The van der Waals surface area contributed by atoms with Crippen molar-refractivity contribution in [3.05, 3.63) is 58.8 Å². The molecule has 0 heteroatoms. The number of hydrogen-bond donors (Lipinski definition) is 0. The molecule has 0 fully saturated rings. The van der Waals surface area contributed by atoms with Crippen molar-refractivity contribution >= 4 is 6.05 Å². The van der Waals surface area contributed by atoms with Crippen molar-refractivity contribution in [3.8, 4) is 0 Å². The highest BCUT2D eigenvalue weighted by molar-refractivity contribution is 5.50. The van der Waals surface area contributed by atoms with E-state index in [0.717, 1.165) is 17.6 Å². The molecule has 0 aromatic heterocycles. The Balaban J connectivity index is 2.30. The summed E-state index contributed by atoms with van der Waals surface area (Å²) in [6, 6.07) is 10.3. The SMILES string of the molecule is [2H]C(=C=C(C)C1=CCCCC1)c1ccccc1. The summed E-state index contributed by atoms with van der Waals surface area (Å²) in [5.41, 5.74) is 6.63. The molecule has 0 saturated carbocycles. The minimum atomic E-state index is 0.481. The van der Waals surface area contributed by atoms with E-state index in [0.29, 0.717) is 6.05 Å². The van der Waals surface area contributed by atoms with Gasteiger partial charge in [-0.25, -0.2) is 0 Å². The van der Waals surface area contributed by atoms with Gasteiger partial charge in [0, 0.05) is 0 Å². The first-order valence-electron chi connectivity index (χ1n) is 6.46. The Kier molecular flexibility index (Phi) is 3.35. The summed E-state index contributed by atoms with van der Waals surface area (Å²) in [7, 11) is 0. The van der Waals surface area contributed by atoms with Crippen molar-refractivity contribution in [2.24, 2.45) is 0 Å². The van der Waals surface area contributed by atoms with Crippen LogP contribution in [0, 0.1) is 0 Å². The largest absolute Gasteiger partial charge is 0.117 e. The lowest BCUT2D eigenvalue weighted by atomic mass is 9.95. The first-order chi connectivity index (χ1) is 8.27. The molecule has 0 amide bonds. The van der Waals surface area contributed by atoms with Gasteiger partial charge in [0.25, 0.3) is 0 Å². The molecule has 2 rings (SSSR count). The average molecular weight is 211 g/mol. The third kappa shape index (κ3) is 2.98. The van der Waals surface area contributed by atoms with E-state index in [1.807, 2.05) is 30.3 Å². The summed E-state index contributed by atoms with van der Waals surface area (Å²) in [6.07, 6.45) is 7.18. The van der Waals surface area contributed by atoms with Gasteiger partial charge >= 0.3 is 0 Å². The Bertz CT molecular complexity index is 474. The van der Waals surface area contributed by atoms with Gasteiger partial charge in [-0.05, 0) is 55.4 Å². The van der Waals surface area contributed by atoms with Gasteiger partial charge in [0.05, 0.1) is 1.37 Å². The van der Waals surface area contributed by atoms with E-state index >= 15 is 0 Å². The predicted molar refractivity (Wildman–Crippen MR) is 70.2 cm³/mol. The lowest BCUT2D eigenvalue weighted by Crippen LogP contribution is -1.92. The smallest absolute Gasteiger partial charge is 0.0720 e. The predicted octanol–water partition coefficient (Wildman–Crippen LogP) is 4.75. The van der Waals surface area contributed by atoms with Gasteiger partial charge in [0.2, 0.25) is 0 Å². The van der Waals surface area contributed by atoms with E-state index in [4.69, 9.17) is 1.37 Å². The molecule has 0 unspecified atom stereocenters. The van der Waals surface area contributed by atoms with E-state index < -0.39 is 0 Å². The van der Waals surface area contributed by atoms with Gasteiger partial charge in [-0.2, -0.15) is 0 Å². The van der Waals surface area contributed by atoms with Gasteiger partial charge in [-0.15, -0.1) is 5.73 Å². The van der Waals surface area contributed by atoms with E-state index in [1.165, 1.54) is 24.8 Å². The number of benzene rings is 1. The molecular weight excluding hydrogens is 192 g/mol. The van der Waals surface area contributed by atoms with Gasteiger partial charge in [0.1, 0.15) is 0 Å². The van der Waals surface area contributed by atoms with Crippen LogP contribution in [-0.4, -0.2) is 0 Å². The zero-order valence-corrected chi connectivity index (χ0v) is 9.79. The molecule has 1 aliphatic carbocycles. The van der Waals surface area contributed by atoms with E-state index in [2.05, 4.69) is 18.7 Å². The van der Waals surface area contributed by atoms with Crippen LogP contribution in [0.1, 0.15) is 39.5 Å². The Labute approximate surface area is 99.4 Å². The second-order valence-electron chi connectivity index (χ2n) is 4.22. The van der Waals surface area contributed by atoms with Crippen LogP contribution in [0.3, 0.4) is 0 Å². The molecule has 0 nitrogen and oxygen atoms in total. The van der Waals surface area contributed by atoms with Crippen LogP contribution in [0.15, 0.2) is 53.3 Å². The summed E-state index contributed by atoms with van der Waals surface area (Å²) >= 11 is 0. The third-order valence-electron chi connectivity index (χ3n) is 2.94. The molecular formula is C16H18. The summed E-state index contributed by atoms with van der Waals surface area (Å²) in [6.45, 7) is 2.06. The molecule has 0 spiro atoms. The van der Waals surface area contributed by atoms with Crippen molar-refractivity contribution in [2.45, 2.75) is 32.6 Å². The average Bonchev–Trinajstić information content (AvgIpc) is 2.40. The van der Waals surface area contributed by atoms with Gasteiger partial charge in [-0.1, -0.05) is 36.4 Å². The number of hydrogen-bond acceptors (Lipinski definition) is 0. The maximum Gasteiger partial charge on any atom is 0.0720 e. The van der Waals surface area contributed by atoms with E-state index in [1.54, 1.807) is 0 Å². The van der Waals surface area contributed by atoms with Crippen LogP contribution < -0.4 is 0 Å². The first-order valence-corrected chi connectivity index (χ1v) is 5.96. The summed E-state index contributed by atoms with van der Waals surface area (Å²) < 4.78 is 8.02. The fourth-order valence-electron chi connectivity index (χ4n) is 1.95. The summed E-state index contributed by atoms with van der Waals surface area (Å²) in [5.74, 6) is 0. The maximum atomic E-state index is 8.02. The van der Waals surface area contributed by atoms with Crippen LogP contribution in [-0.2, 0) is 0 Å². The van der Waals surface area contributed by atoms with Crippen LogP contribution in [0.5, 0.6) is 0 Å². The number of allylic oxidation sites excluding steroid dienone is 3. The molecule has 1 aliphatic rings. The molecule has 1 aromatic rings. The topological polar surface area (TPSA) is 0 Å². The fourth-order valence-corrected chi connectivity index (χ4v) is 1.95. The van der Waals surface area contributed by atoms with Crippen LogP contribution >= 0.6 is 0 Å². The Morgan fingerprint density at radius 3 is 2.81 bits per heavy atom. The van der Waals surface area contributed by atoms with Crippen LogP contribution in [0.4, 0.5) is 0 Å². The summed E-state index contributed by atoms with van der Waals surface area (Å²) in [5, 5.41) is 0. The molecule has 0 atom stereocenters. The minimum Gasteiger partial charge on any atom is -0.117 e. The third-order valence-corrected chi connectivity index (χ3v) is 2.94. The lowest BCUT2D eigenvalue weighted by molar-refractivity contribution is 0.706.